The topological polar surface area (TPSA) is 122 Å². The van der Waals surface area contributed by atoms with E-state index >= 15 is 0 Å². The van der Waals surface area contributed by atoms with Gasteiger partial charge >= 0.3 is 6.09 Å². The molecule has 0 bridgehead atoms. The first-order valence-electron chi connectivity index (χ1n) is 8.10. The van der Waals surface area contributed by atoms with Crippen LogP contribution in [0.1, 0.15) is 23.2 Å². The standard InChI is InChI=1S/C17H20N6O3/c1-23(17(25)26-2)12-7-5-11(6-8-12)21-16-19-9-13(14(18)24)15(22-16)20-10-3-4-10/h5-10H,3-4H2,1-2H3,(H2,18,24)(H2,19,20,21,22). The Kier molecular flexibility index (Phi) is 4.87. The predicted molar refractivity (Wildman–Crippen MR) is 97.7 cm³/mol. The van der Waals surface area contributed by atoms with Gasteiger partial charge in [-0.05, 0) is 37.1 Å². The number of rotatable bonds is 6. The Balaban J connectivity index is 1.75. The van der Waals surface area contributed by atoms with E-state index in [1.807, 2.05) is 0 Å². The van der Waals surface area contributed by atoms with Crippen molar-refractivity contribution < 1.29 is 14.3 Å². The molecule has 2 amide bonds. The van der Waals surface area contributed by atoms with E-state index in [9.17, 15) is 9.59 Å². The summed E-state index contributed by atoms with van der Waals surface area (Å²) in [5.74, 6) is 0.196. The number of aromatic nitrogens is 2. The molecular weight excluding hydrogens is 336 g/mol. The molecule has 3 rings (SSSR count). The van der Waals surface area contributed by atoms with Crippen LogP contribution in [0.5, 0.6) is 0 Å². The fourth-order valence-electron chi connectivity index (χ4n) is 2.29. The molecule has 0 saturated heterocycles. The number of amides is 2. The number of methoxy groups -OCH3 is 1. The summed E-state index contributed by atoms with van der Waals surface area (Å²) < 4.78 is 4.68. The van der Waals surface area contributed by atoms with Crippen LogP contribution in [0.4, 0.5) is 27.9 Å². The summed E-state index contributed by atoms with van der Waals surface area (Å²) in [6, 6.07) is 7.42. The van der Waals surface area contributed by atoms with Crippen LogP contribution < -0.4 is 21.3 Å². The van der Waals surface area contributed by atoms with Gasteiger partial charge in [-0.1, -0.05) is 0 Å². The molecule has 0 unspecified atom stereocenters. The monoisotopic (exact) mass is 356 g/mol. The zero-order valence-corrected chi connectivity index (χ0v) is 14.5. The Bertz CT molecular complexity index is 820. The van der Waals surface area contributed by atoms with Gasteiger partial charge in [0.1, 0.15) is 5.82 Å². The fraction of sp³-hybridized carbons (Fsp3) is 0.294. The van der Waals surface area contributed by atoms with E-state index in [4.69, 9.17) is 5.73 Å². The third-order valence-corrected chi connectivity index (χ3v) is 3.93. The molecule has 26 heavy (non-hydrogen) atoms. The van der Waals surface area contributed by atoms with E-state index in [1.54, 1.807) is 31.3 Å². The van der Waals surface area contributed by atoms with Crippen molar-refractivity contribution in [3.05, 3.63) is 36.0 Å². The van der Waals surface area contributed by atoms with E-state index in [0.717, 1.165) is 18.5 Å². The summed E-state index contributed by atoms with van der Waals surface area (Å²) in [6.07, 6.45) is 3.04. The summed E-state index contributed by atoms with van der Waals surface area (Å²) in [5.41, 5.74) is 7.05. The number of hydrogen-bond donors (Lipinski definition) is 3. The van der Waals surface area contributed by atoms with Crippen molar-refractivity contribution in [3.8, 4) is 0 Å². The van der Waals surface area contributed by atoms with Gasteiger partial charge in [0.25, 0.3) is 5.91 Å². The second-order valence-electron chi connectivity index (χ2n) is 5.94. The van der Waals surface area contributed by atoms with Crippen molar-refractivity contribution in [2.75, 3.05) is 29.7 Å². The van der Waals surface area contributed by atoms with E-state index < -0.39 is 12.0 Å². The number of nitrogens with two attached hydrogens (primary N) is 1. The van der Waals surface area contributed by atoms with Gasteiger partial charge < -0.3 is 21.1 Å². The van der Waals surface area contributed by atoms with Crippen molar-refractivity contribution in [2.24, 2.45) is 5.73 Å². The Morgan fingerprint density at radius 3 is 2.54 bits per heavy atom. The van der Waals surface area contributed by atoms with Gasteiger partial charge in [-0.3, -0.25) is 9.69 Å². The minimum Gasteiger partial charge on any atom is -0.452 e. The lowest BCUT2D eigenvalue weighted by Crippen LogP contribution is -2.25. The molecule has 0 radical (unpaired) electrons. The predicted octanol–water partition coefficient (Wildman–Crippen LogP) is 2.10. The van der Waals surface area contributed by atoms with E-state index in [1.165, 1.54) is 18.2 Å². The molecule has 1 aromatic heterocycles. The number of anilines is 4. The maximum atomic E-state index is 11.5. The van der Waals surface area contributed by atoms with Crippen molar-refractivity contribution >= 4 is 35.1 Å². The highest BCUT2D eigenvalue weighted by Gasteiger charge is 2.24. The van der Waals surface area contributed by atoms with Gasteiger partial charge in [0.05, 0.1) is 12.7 Å². The average molecular weight is 356 g/mol. The van der Waals surface area contributed by atoms with Crippen LogP contribution in [-0.4, -0.2) is 42.2 Å². The van der Waals surface area contributed by atoms with E-state index in [2.05, 4.69) is 25.3 Å². The second kappa shape index (κ2) is 7.26. The van der Waals surface area contributed by atoms with E-state index in [0.29, 0.717) is 23.5 Å². The van der Waals surface area contributed by atoms with Crippen molar-refractivity contribution in [1.29, 1.82) is 0 Å². The molecule has 1 heterocycles. The van der Waals surface area contributed by atoms with Gasteiger partial charge in [0.2, 0.25) is 5.95 Å². The van der Waals surface area contributed by atoms with Crippen molar-refractivity contribution in [1.82, 2.24) is 9.97 Å². The first-order valence-corrected chi connectivity index (χ1v) is 8.10. The number of nitrogens with zero attached hydrogens (tertiary/aromatic N) is 3. The molecule has 9 heteroatoms. The van der Waals surface area contributed by atoms with Crippen LogP contribution in [0.2, 0.25) is 0 Å². The molecule has 0 aliphatic heterocycles. The number of nitrogens with one attached hydrogen (secondary N) is 2. The fourth-order valence-corrected chi connectivity index (χ4v) is 2.29. The van der Waals surface area contributed by atoms with Crippen molar-refractivity contribution in [2.45, 2.75) is 18.9 Å². The molecular formula is C17H20N6O3. The maximum Gasteiger partial charge on any atom is 0.413 e. The number of benzene rings is 1. The molecule has 1 saturated carbocycles. The van der Waals surface area contributed by atoms with Gasteiger partial charge in [0, 0.05) is 30.7 Å². The lowest BCUT2D eigenvalue weighted by Gasteiger charge is -2.16. The highest BCUT2D eigenvalue weighted by Crippen LogP contribution is 2.26. The quantitative estimate of drug-likeness (QED) is 0.724. The van der Waals surface area contributed by atoms with Crippen LogP contribution in [-0.2, 0) is 4.74 Å². The average Bonchev–Trinajstić information content (AvgIpc) is 3.45. The highest BCUT2D eigenvalue weighted by atomic mass is 16.5. The number of hydrogen-bond acceptors (Lipinski definition) is 7. The molecule has 0 spiro atoms. The molecule has 0 atom stereocenters. The van der Waals surface area contributed by atoms with Gasteiger partial charge in [0.15, 0.2) is 0 Å². The third-order valence-electron chi connectivity index (χ3n) is 3.93. The molecule has 1 fully saturated rings. The van der Waals surface area contributed by atoms with Crippen LogP contribution in [0.3, 0.4) is 0 Å². The highest BCUT2D eigenvalue weighted by molar-refractivity contribution is 5.97. The molecule has 1 aromatic carbocycles. The zero-order chi connectivity index (χ0) is 18.7. The van der Waals surface area contributed by atoms with Crippen molar-refractivity contribution in [3.63, 3.8) is 0 Å². The molecule has 136 valence electrons. The number of carbonyl (C=O) groups is 2. The SMILES string of the molecule is COC(=O)N(C)c1ccc(Nc2ncc(C(N)=O)c(NC3CC3)n2)cc1. The smallest absolute Gasteiger partial charge is 0.413 e. The van der Waals surface area contributed by atoms with Gasteiger partial charge in [-0.15, -0.1) is 0 Å². The van der Waals surface area contributed by atoms with Crippen LogP contribution >= 0.6 is 0 Å². The molecule has 1 aliphatic carbocycles. The zero-order valence-electron chi connectivity index (χ0n) is 14.5. The molecule has 9 nitrogen and oxygen atoms in total. The van der Waals surface area contributed by atoms with Gasteiger partial charge in [-0.25, -0.2) is 9.78 Å². The summed E-state index contributed by atoms with van der Waals surface area (Å²) in [5, 5.41) is 6.25. The molecule has 1 aliphatic rings. The summed E-state index contributed by atoms with van der Waals surface area (Å²) in [6.45, 7) is 0. The Labute approximate surface area is 150 Å². The number of carbonyl (C=O) groups excluding carboxylic acids is 2. The summed E-state index contributed by atoms with van der Waals surface area (Å²) in [7, 11) is 2.95. The minimum absolute atomic E-state index is 0.262. The second-order valence-corrected chi connectivity index (χ2v) is 5.94. The maximum absolute atomic E-state index is 11.5. The van der Waals surface area contributed by atoms with E-state index in [-0.39, 0.29) is 5.56 Å². The summed E-state index contributed by atoms with van der Waals surface area (Å²) >= 11 is 0. The molecule has 2 aromatic rings. The number of ether oxygens (including phenoxy) is 1. The largest absolute Gasteiger partial charge is 0.452 e. The lowest BCUT2D eigenvalue weighted by molar-refractivity contribution is 0.100. The normalized spacial score (nSPS) is 13.0. The Hall–Kier alpha value is -3.36. The molecule has 4 N–H and O–H groups in total. The van der Waals surface area contributed by atoms with Crippen LogP contribution in [0, 0.1) is 0 Å². The summed E-state index contributed by atoms with van der Waals surface area (Å²) in [4.78, 5) is 32.9. The van der Waals surface area contributed by atoms with Crippen LogP contribution in [0.15, 0.2) is 30.5 Å². The van der Waals surface area contributed by atoms with Gasteiger partial charge in [-0.2, -0.15) is 4.98 Å². The third kappa shape index (κ3) is 4.00. The first kappa shape index (κ1) is 17.5. The number of primary amides is 1. The lowest BCUT2D eigenvalue weighted by atomic mass is 10.2. The Morgan fingerprint density at radius 1 is 1.27 bits per heavy atom. The van der Waals surface area contributed by atoms with Crippen LogP contribution in [0.25, 0.3) is 0 Å². The minimum atomic E-state index is -0.574. The Morgan fingerprint density at radius 2 is 1.96 bits per heavy atom. The first-order chi connectivity index (χ1) is 12.5.